The van der Waals surface area contributed by atoms with Gasteiger partial charge in [0.1, 0.15) is 17.2 Å². The van der Waals surface area contributed by atoms with E-state index in [1.54, 1.807) is 45.0 Å². The van der Waals surface area contributed by atoms with Crippen LogP contribution in [0.15, 0.2) is 40.3 Å². The molecule has 0 aliphatic heterocycles. The second-order valence-electron chi connectivity index (χ2n) is 10.8. The molecular formula is C27H40N6O6S. The number of benzene rings is 1. The first-order valence-electron chi connectivity index (χ1n) is 13.1. The molecule has 13 heteroatoms. The van der Waals surface area contributed by atoms with Crippen molar-refractivity contribution in [3.05, 3.63) is 46.4 Å². The molecule has 0 aliphatic carbocycles. The number of imidazole rings is 1. The van der Waals surface area contributed by atoms with Crippen LogP contribution in [0.5, 0.6) is 0 Å². The Bertz CT molecular complexity index is 1410. The first kappa shape index (κ1) is 32.6. The van der Waals surface area contributed by atoms with E-state index in [4.69, 9.17) is 10.5 Å². The quantitative estimate of drug-likeness (QED) is 0.241. The average molecular weight is 577 g/mol. The average Bonchev–Trinajstić information content (AvgIpc) is 3.13. The summed E-state index contributed by atoms with van der Waals surface area (Å²) in [5, 5.41) is -0.504. The summed E-state index contributed by atoms with van der Waals surface area (Å²) < 4.78 is 28.7. The summed E-state index contributed by atoms with van der Waals surface area (Å²) in [5.41, 5.74) is 5.02. The second kappa shape index (κ2) is 13.7. The predicted octanol–water partition coefficient (Wildman–Crippen LogP) is 3.88. The Morgan fingerprint density at radius 1 is 1.15 bits per heavy atom. The normalized spacial score (nSPS) is 12.9. The second-order valence-corrected chi connectivity index (χ2v) is 11.6. The van der Waals surface area contributed by atoms with Crippen molar-refractivity contribution in [3.63, 3.8) is 0 Å². The fourth-order valence-corrected chi connectivity index (χ4v) is 4.17. The smallest absolute Gasteiger partial charge is 0.339 e. The van der Waals surface area contributed by atoms with E-state index in [1.165, 1.54) is 18.0 Å². The van der Waals surface area contributed by atoms with Gasteiger partial charge in [0, 0.05) is 7.05 Å². The van der Waals surface area contributed by atoms with E-state index in [-0.39, 0.29) is 35.9 Å². The van der Waals surface area contributed by atoms with Gasteiger partial charge in [-0.05, 0) is 38.7 Å². The summed E-state index contributed by atoms with van der Waals surface area (Å²) in [5.74, 6) is -0.912. The molecule has 1 unspecified atom stereocenters. The van der Waals surface area contributed by atoms with Crippen LogP contribution in [0.1, 0.15) is 66.9 Å². The fourth-order valence-electron chi connectivity index (χ4n) is 3.83. The molecule has 0 bridgehead atoms. The lowest BCUT2D eigenvalue weighted by Gasteiger charge is -2.30. The molecule has 2 aromatic heterocycles. The largest absolute Gasteiger partial charge is 0.458 e. The number of hydrogen-bond acceptors (Lipinski definition) is 8. The van der Waals surface area contributed by atoms with Crippen LogP contribution in [-0.2, 0) is 27.2 Å². The molecule has 3 aromatic rings. The molecule has 12 nitrogen and oxygen atoms in total. The maximum absolute atomic E-state index is 13.8. The van der Waals surface area contributed by atoms with Crippen LogP contribution in [-0.4, -0.2) is 63.5 Å². The third-order valence-electron chi connectivity index (χ3n) is 5.45. The summed E-state index contributed by atoms with van der Waals surface area (Å²) in [7, 11) is 1.40. The molecule has 0 spiro atoms. The maximum Gasteiger partial charge on any atom is 0.339 e. The molecule has 3 rings (SSSR count). The van der Waals surface area contributed by atoms with E-state index >= 15 is 0 Å². The van der Waals surface area contributed by atoms with Gasteiger partial charge in [-0.1, -0.05) is 64.4 Å². The number of nitrogens with two attached hydrogens (primary N) is 1. The van der Waals surface area contributed by atoms with Crippen molar-refractivity contribution in [3.8, 4) is 0 Å². The first-order chi connectivity index (χ1) is 18.6. The number of fused-ring (bicyclic) bond motifs is 1. The molecule has 1 amide bonds. The van der Waals surface area contributed by atoms with Gasteiger partial charge < -0.3 is 15.4 Å². The van der Waals surface area contributed by atoms with E-state index in [0.29, 0.717) is 0 Å². The Morgan fingerprint density at radius 3 is 2.23 bits per heavy atom. The van der Waals surface area contributed by atoms with Gasteiger partial charge in [0.2, 0.25) is 11.1 Å². The molecule has 0 fully saturated rings. The number of aromatic nitrogens is 4. The van der Waals surface area contributed by atoms with Gasteiger partial charge >= 0.3 is 17.7 Å². The molecule has 2 heterocycles. The summed E-state index contributed by atoms with van der Waals surface area (Å²) in [4.78, 5) is 49.4. The highest BCUT2D eigenvalue weighted by Crippen LogP contribution is 2.22. The van der Waals surface area contributed by atoms with E-state index in [2.05, 4.69) is 23.8 Å². The number of carbonyl (C=O) groups is 2. The topological polar surface area (TPSA) is 163 Å². The molecule has 0 radical (unpaired) electrons. The van der Waals surface area contributed by atoms with E-state index < -0.39 is 45.6 Å². The van der Waals surface area contributed by atoms with E-state index in [0.717, 1.165) is 15.0 Å². The Balaban J connectivity index is 0.00000178. The van der Waals surface area contributed by atoms with Crippen LogP contribution in [0.4, 0.5) is 10.6 Å². The standard InChI is InChI=1S/C24H32N6O6S.C3H8/c1-14(2)12-16(20(31)36-24(3,4)5)28(6)22(32)30-17-18(25)26-21(37(34)35)27-19(17)29(23(30)33)13-15-10-8-7-9-11-15;1-3-2/h7-11,14,16H,12-13H2,1-6H3,(H,34,35)(H2,25,26,27);3H2,1-2H3/t16-;/m0./s1. The van der Waals surface area contributed by atoms with Gasteiger partial charge in [-0.25, -0.2) is 23.2 Å². The Morgan fingerprint density at radius 2 is 1.73 bits per heavy atom. The van der Waals surface area contributed by atoms with Crippen LogP contribution in [0.2, 0.25) is 0 Å². The van der Waals surface area contributed by atoms with Gasteiger partial charge in [-0.15, -0.1) is 0 Å². The summed E-state index contributed by atoms with van der Waals surface area (Å²) in [6.45, 7) is 13.2. The Kier molecular flexibility index (Phi) is 11.1. The van der Waals surface area contributed by atoms with Crippen LogP contribution in [0, 0.1) is 5.92 Å². The number of likely N-dealkylation sites (N-methyl/N-ethyl adjacent to an activating group) is 1. The van der Waals surface area contributed by atoms with Crippen molar-refractivity contribution in [2.75, 3.05) is 12.8 Å². The number of amides is 1. The van der Waals surface area contributed by atoms with Crippen molar-refractivity contribution in [2.24, 2.45) is 5.92 Å². The van der Waals surface area contributed by atoms with Crippen molar-refractivity contribution >= 4 is 40.1 Å². The molecule has 2 atom stereocenters. The number of hydrogen-bond donors (Lipinski definition) is 2. The SMILES string of the molecule is CC(C)C[C@@H](C(=O)OC(C)(C)C)N(C)C(=O)n1c(=O)n(Cc2ccccc2)c2nc(S(=O)O)nc(N)c21.CCC. The molecule has 0 saturated heterocycles. The molecule has 0 saturated carbocycles. The van der Waals surface area contributed by atoms with Crippen LogP contribution < -0.4 is 11.4 Å². The van der Waals surface area contributed by atoms with Gasteiger partial charge in [0.05, 0.1) is 6.54 Å². The van der Waals surface area contributed by atoms with E-state index in [9.17, 15) is 23.1 Å². The monoisotopic (exact) mass is 576 g/mol. The van der Waals surface area contributed by atoms with Gasteiger partial charge in [-0.3, -0.25) is 9.12 Å². The predicted molar refractivity (Wildman–Crippen MR) is 154 cm³/mol. The molecule has 3 N–H and O–H groups in total. The number of rotatable bonds is 7. The summed E-state index contributed by atoms with van der Waals surface area (Å²) in [6, 6.07) is 7.11. The number of nitrogen functional groups attached to an aromatic ring is 1. The number of carbonyl (C=O) groups excluding carboxylic acids is 2. The number of esters is 1. The van der Waals surface area contributed by atoms with Crippen molar-refractivity contribution in [2.45, 2.75) is 84.7 Å². The number of ether oxygens (including phenoxy) is 1. The molecule has 1 aromatic carbocycles. The first-order valence-corrected chi connectivity index (χ1v) is 14.2. The highest BCUT2D eigenvalue weighted by atomic mass is 32.2. The van der Waals surface area contributed by atoms with Crippen molar-refractivity contribution < 1.29 is 23.1 Å². The van der Waals surface area contributed by atoms with Crippen molar-refractivity contribution in [1.82, 2.24) is 24.0 Å². The molecule has 0 aliphatic rings. The third-order valence-corrected chi connectivity index (χ3v) is 5.94. The Labute approximate surface area is 236 Å². The van der Waals surface area contributed by atoms with Crippen LogP contribution in [0.25, 0.3) is 11.2 Å². The zero-order valence-electron chi connectivity index (χ0n) is 24.4. The Hall–Kier alpha value is -3.58. The minimum absolute atomic E-state index is 0.00954. The molecular weight excluding hydrogens is 536 g/mol. The zero-order chi connectivity index (χ0) is 30.4. The minimum atomic E-state index is -2.58. The van der Waals surface area contributed by atoms with Crippen molar-refractivity contribution in [1.29, 1.82) is 0 Å². The lowest BCUT2D eigenvalue weighted by atomic mass is 10.0. The summed E-state index contributed by atoms with van der Waals surface area (Å²) in [6.07, 6.45) is 1.54. The lowest BCUT2D eigenvalue weighted by molar-refractivity contribution is -0.160. The van der Waals surface area contributed by atoms with Gasteiger partial charge in [-0.2, -0.15) is 9.97 Å². The molecule has 220 valence electrons. The molecule has 40 heavy (non-hydrogen) atoms. The minimum Gasteiger partial charge on any atom is -0.458 e. The van der Waals surface area contributed by atoms with Gasteiger partial charge in [0.15, 0.2) is 11.5 Å². The lowest BCUT2D eigenvalue weighted by Crippen LogP contribution is -2.49. The highest BCUT2D eigenvalue weighted by Gasteiger charge is 2.35. The number of anilines is 1. The van der Waals surface area contributed by atoms with E-state index in [1.807, 2.05) is 19.9 Å². The number of nitrogens with zero attached hydrogens (tertiary/aromatic N) is 5. The third kappa shape index (κ3) is 7.98. The summed E-state index contributed by atoms with van der Waals surface area (Å²) >= 11 is -2.58. The maximum atomic E-state index is 13.8. The zero-order valence-corrected chi connectivity index (χ0v) is 25.2. The van der Waals surface area contributed by atoms with Gasteiger partial charge in [0.25, 0.3) is 5.16 Å². The van der Waals surface area contributed by atoms with Crippen LogP contribution >= 0.6 is 0 Å². The highest BCUT2D eigenvalue weighted by molar-refractivity contribution is 7.79. The van der Waals surface area contributed by atoms with Crippen LogP contribution in [0.3, 0.4) is 0 Å². The fraction of sp³-hybridized carbons (Fsp3) is 0.519.